The van der Waals surface area contributed by atoms with Gasteiger partial charge in [-0.25, -0.2) is 4.79 Å². The third-order valence-corrected chi connectivity index (χ3v) is 3.00. The molecule has 4 heteroatoms. The van der Waals surface area contributed by atoms with Crippen LogP contribution in [-0.2, 0) is 9.53 Å². The van der Waals surface area contributed by atoms with Gasteiger partial charge in [-0.1, -0.05) is 30.3 Å². The third kappa shape index (κ3) is 1.99. The van der Waals surface area contributed by atoms with Crippen molar-refractivity contribution < 1.29 is 14.6 Å². The summed E-state index contributed by atoms with van der Waals surface area (Å²) < 4.78 is 5.22. The van der Waals surface area contributed by atoms with Crippen molar-refractivity contribution in [3.63, 3.8) is 0 Å². The topological polar surface area (TPSA) is 46.5 Å². The van der Waals surface area contributed by atoms with Crippen LogP contribution in [-0.4, -0.2) is 17.7 Å². The van der Waals surface area contributed by atoms with Crippen molar-refractivity contribution in [3.8, 4) is 0 Å². The summed E-state index contributed by atoms with van der Waals surface area (Å²) in [6, 6.07) is 9.44. The van der Waals surface area contributed by atoms with Gasteiger partial charge in [-0.15, -0.1) is 12.6 Å². The zero-order chi connectivity index (χ0) is 11.5. The summed E-state index contributed by atoms with van der Waals surface area (Å²) in [4.78, 5) is 12.1. The first-order chi connectivity index (χ1) is 7.74. The van der Waals surface area contributed by atoms with Crippen LogP contribution in [0.1, 0.15) is 18.1 Å². The number of esters is 1. The van der Waals surface area contributed by atoms with Crippen molar-refractivity contribution in [2.45, 2.75) is 12.5 Å². The van der Waals surface area contributed by atoms with Gasteiger partial charge in [0.2, 0.25) is 0 Å². The first-order valence-corrected chi connectivity index (χ1v) is 5.47. The minimum Gasteiger partial charge on any atom is -0.449 e. The van der Waals surface area contributed by atoms with Gasteiger partial charge in [0.1, 0.15) is 0 Å². The Hall–Kier alpha value is -1.26. The fourth-order valence-corrected chi connectivity index (χ4v) is 2.10. The number of carbonyl (C=O) groups excluding carboxylic acids is 1. The number of benzene rings is 1. The highest BCUT2D eigenvalue weighted by atomic mass is 32.1. The Morgan fingerprint density at radius 2 is 2.00 bits per heavy atom. The molecule has 1 aromatic carbocycles. The van der Waals surface area contributed by atoms with Crippen LogP contribution < -0.4 is 0 Å². The van der Waals surface area contributed by atoms with Crippen molar-refractivity contribution in [2.24, 2.45) is 0 Å². The van der Waals surface area contributed by atoms with E-state index in [-0.39, 0.29) is 12.6 Å². The molecular weight excluding hydrogens is 224 g/mol. The molecule has 0 fully saturated rings. The maximum absolute atomic E-state index is 11.5. The second kappa shape index (κ2) is 4.72. The minimum atomic E-state index is -0.418. The van der Waals surface area contributed by atoms with E-state index in [0.29, 0.717) is 16.9 Å². The van der Waals surface area contributed by atoms with Crippen LogP contribution in [0.15, 0.2) is 40.8 Å². The average molecular weight is 236 g/mol. The van der Waals surface area contributed by atoms with E-state index in [0.717, 1.165) is 5.56 Å². The maximum atomic E-state index is 11.5. The van der Waals surface area contributed by atoms with Crippen LogP contribution >= 0.6 is 12.6 Å². The smallest absolute Gasteiger partial charge is 0.336 e. The van der Waals surface area contributed by atoms with Gasteiger partial charge >= 0.3 is 5.97 Å². The van der Waals surface area contributed by atoms with Gasteiger partial charge in [-0.3, -0.25) is 0 Å². The fourth-order valence-electron chi connectivity index (χ4n) is 1.69. The molecule has 0 radical (unpaired) electrons. The van der Waals surface area contributed by atoms with Crippen molar-refractivity contribution in [1.29, 1.82) is 0 Å². The SMILES string of the molecule is O=C1OC(c2ccccc2)C(S)=C1CCO. The summed E-state index contributed by atoms with van der Waals surface area (Å²) in [7, 11) is 0. The summed E-state index contributed by atoms with van der Waals surface area (Å²) in [6.07, 6.45) is -0.125. The number of cyclic esters (lactones) is 1. The number of aliphatic hydroxyl groups excluding tert-OH is 1. The van der Waals surface area contributed by atoms with Crippen molar-refractivity contribution in [1.82, 2.24) is 0 Å². The molecule has 1 aliphatic rings. The molecule has 1 aliphatic heterocycles. The Kier molecular flexibility index (Phi) is 3.31. The number of rotatable bonds is 3. The molecule has 1 atom stereocenters. The Morgan fingerprint density at radius 3 is 2.62 bits per heavy atom. The van der Waals surface area contributed by atoms with E-state index >= 15 is 0 Å². The van der Waals surface area contributed by atoms with E-state index in [4.69, 9.17) is 9.84 Å². The zero-order valence-corrected chi connectivity index (χ0v) is 9.48. The lowest BCUT2D eigenvalue weighted by molar-refractivity contribution is -0.140. The molecule has 1 aromatic rings. The van der Waals surface area contributed by atoms with Crippen LogP contribution in [0, 0.1) is 0 Å². The Morgan fingerprint density at radius 1 is 1.31 bits per heavy atom. The number of thiol groups is 1. The lowest BCUT2D eigenvalue weighted by atomic mass is 10.1. The van der Waals surface area contributed by atoms with E-state index in [1.807, 2.05) is 30.3 Å². The first-order valence-electron chi connectivity index (χ1n) is 5.03. The van der Waals surface area contributed by atoms with E-state index in [1.165, 1.54) is 0 Å². The second-order valence-electron chi connectivity index (χ2n) is 3.53. The van der Waals surface area contributed by atoms with Crippen molar-refractivity contribution >= 4 is 18.6 Å². The molecule has 1 unspecified atom stereocenters. The Labute approximate surface area is 99.1 Å². The molecule has 3 nitrogen and oxygen atoms in total. The first kappa shape index (κ1) is 11.2. The van der Waals surface area contributed by atoms with E-state index < -0.39 is 6.10 Å². The molecular formula is C12H12O3S. The summed E-state index contributed by atoms with van der Waals surface area (Å²) in [5, 5.41) is 8.84. The number of ether oxygens (including phenoxy) is 1. The second-order valence-corrected chi connectivity index (χ2v) is 4.02. The number of hydrogen-bond acceptors (Lipinski definition) is 4. The van der Waals surface area contributed by atoms with Crippen molar-refractivity contribution in [2.75, 3.05) is 6.61 Å². The molecule has 84 valence electrons. The highest BCUT2D eigenvalue weighted by molar-refractivity contribution is 7.84. The van der Waals surface area contributed by atoms with Gasteiger partial charge in [0.25, 0.3) is 0 Å². The predicted octanol–water partition coefficient (Wildman–Crippen LogP) is 1.85. The fraction of sp³-hybridized carbons (Fsp3) is 0.250. The van der Waals surface area contributed by atoms with Gasteiger partial charge < -0.3 is 9.84 Å². The van der Waals surface area contributed by atoms with E-state index in [1.54, 1.807) is 0 Å². The lowest BCUT2D eigenvalue weighted by Gasteiger charge is -2.10. The molecule has 1 N–H and O–H groups in total. The molecule has 2 rings (SSSR count). The van der Waals surface area contributed by atoms with Crippen molar-refractivity contribution in [3.05, 3.63) is 46.4 Å². The molecule has 0 bridgehead atoms. The molecule has 1 heterocycles. The molecule has 0 spiro atoms. The number of carbonyl (C=O) groups is 1. The standard InChI is InChI=1S/C12H12O3S/c13-7-6-9-11(16)10(15-12(9)14)8-4-2-1-3-5-8/h1-5,10,13,16H,6-7H2. The van der Waals surface area contributed by atoms with Crippen LogP contribution in [0.4, 0.5) is 0 Å². The molecule has 0 amide bonds. The Bertz CT molecular complexity index is 425. The third-order valence-electron chi connectivity index (χ3n) is 2.49. The number of hydrogen-bond donors (Lipinski definition) is 2. The lowest BCUT2D eigenvalue weighted by Crippen LogP contribution is -2.03. The maximum Gasteiger partial charge on any atom is 0.336 e. The predicted molar refractivity (Wildman–Crippen MR) is 63.0 cm³/mol. The normalized spacial score (nSPS) is 20.1. The van der Waals surface area contributed by atoms with E-state index in [9.17, 15) is 4.79 Å². The van der Waals surface area contributed by atoms with Gasteiger partial charge in [0, 0.05) is 17.9 Å². The summed E-state index contributed by atoms with van der Waals surface area (Å²) in [5.41, 5.74) is 1.37. The van der Waals surface area contributed by atoms with Crippen LogP contribution in [0.2, 0.25) is 0 Å². The highest BCUT2D eigenvalue weighted by Gasteiger charge is 2.32. The zero-order valence-electron chi connectivity index (χ0n) is 8.59. The van der Waals surface area contributed by atoms with Gasteiger partial charge in [-0.05, 0) is 5.56 Å². The molecule has 0 saturated carbocycles. The van der Waals surface area contributed by atoms with Gasteiger partial charge in [0.05, 0.1) is 5.57 Å². The molecule has 0 aliphatic carbocycles. The monoisotopic (exact) mass is 236 g/mol. The summed E-state index contributed by atoms with van der Waals surface area (Å²) in [6.45, 7) is -0.0734. The van der Waals surface area contributed by atoms with Crippen LogP contribution in [0.3, 0.4) is 0 Å². The summed E-state index contributed by atoms with van der Waals surface area (Å²) in [5.74, 6) is -0.382. The highest BCUT2D eigenvalue weighted by Crippen LogP contribution is 2.38. The van der Waals surface area contributed by atoms with Gasteiger partial charge in [-0.2, -0.15) is 0 Å². The largest absolute Gasteiger partial charge is 0.449 e. The summed E-state index contributed by atoms with van der Waals surface area (Å²) >= 11 is 4.31. The molecule has 0 saturated heterocycles. The van der Waals surface area contributed by atoms with Gasteiger partial charge in [0.15, 0.2) is 6.10 Å². The van der Waals surface area contributed by atoms with E-state index in [2.05, 4.69) is 12.6 Å². The molecule has 0 aromatic heterocycles. The average Bonchev–Trinajstić information content (AvgIpc) is 2.59. The number of aliphatic hydroxyl groups is 1. The van der Waals surface area contributed by atoms with Crippen LogP contribution in [0.25, 0.3) is 0 Å². The quantitative estimate of drug-likeness (QED) is 0.622. The molecule has 16 heavy (non-hydrogen) atoms. The minimum absolute atomic E-state index is 0.0734. The van der Waals surface area contributed by atoms with Crippen LogP contribution in [0.5, 0.6) is 0 Å². The Balaban J connectivity index is 2.30.